The van der Waals surface area contributed by atoms with E-state index in [9.17, 15) is 4.79 Å². The van der Waals surface area contributed by atoms with E-state index in [1.165, 1.54) is 0 Å². The minimum atomic E-state index is -0.169. The van der Waals surface area contributed by atoms with Crippen LogP contribution in [-0.4, -0.2) is 55.1 Å². The van der Waals surface area contributed by atoms with E-state index < -0.39 is 0 Å². The molecule has 128 valence electrons. The molecule has 4 nitrogen and oxygen atoms in total. The summed E-state index contributed by atoms with van der Waals surface area (Å²) in [5.74, 6) is 0.714. The van der Waals surface area contributed by atoms with Crippen molar-refractivity contribution in [3.63, 3.8) is 0 Å². The van der Waals surface area contributed by atoms with E-state index in [2.05, 4.69) is 30.9 Å². The first-order chi connectivity index (χ1) is 11.2. The number of carbonyl (C=O) groups is 1. The smallest absolute Gasteiger partial charge is 0.244 e. The monoisotopic (exact) mass is 318 g/mol. The summed E-state index contributed by atoms with van der Waals surface area (Å²) in [6, 6.07) is 9.99. The predicted octanol–water partition coefficient (Wildman–Crippen LogP) is 2.95. The first-order valence-electron chi connectivity index (χ1n) is 8.86. The summed E-state index contributed by atoms with van der Waals surface area (Å²) in [4.78, 5) is 17.4. The SMILES string of the molecule is CCOCC1CCN(C(=O)C(c2ccccc2)N(CC)CC)C1. The summed E-state index contributed by atoms with van der Waals surface area (Å²) < 4.78 is 5.53. The first kappa shape index (κ1) is 18.0. The highest BCUT2D eigenvalue weighted by atomic mass is 16.5. The van der Waals surface area contributed by atoms with Gasteiger partial charge in [0.15, 0.2) is 0 Å². The van der Waals surface area contributed by atoms with E-state index in [4.69, 9.17) is 4.74 Å². The van der Waals surface area contributed by atoms with Crippen LogP contribution in [0.2, 0.25) is 0 Å². The van der Waals surface area contributed by atoms with E-state index >= 15 is 0 Å². The number of likely N-dealkylation sites (tertiary alicyclic amines) is 1. The van der Waals surface area contributed by atoms with Crippen molar-refractivity contribution in [2.75, 3.05) is 39.4 Å². The van der Waals surface area contributed by atoms with Gasteiger partial charge in [0.2, 0.25) is 5.91 Å². The molecule has 0 bridgehead atoms. The Labute approximate surface area is 140 Å². The van der Waals surface area contributed by atoms with Gasteiger partial charge in [-0.1, -0.05) is 44.2 Å². The Balaban J connectivity index is 2.11. The standard InChI is InChI=1S/C19H30N2O2/c1-4-20(5-2)18(17-10-8-7-9-11-17)19(22)21-13-12-16(14-21)15-23-6-3/h7-11,16,18H,4-6,12-15H2,1-3H3. The van der Waals surface area contributed by atoms with Crippen LogP contribution in [0.3, 0.4) is 0 Å². The zero-order valence-corrected chi connectivity index (χ0v) is 14.7. The number of carbonyl (C=O) groups excluding carboxylic acids is 1. The second-order valence-electron chi connectivity index (χ2n) is 6.13. The van der Waals surface area contributed by atoms with Gasteiger partial charge in [0.1, 0.15) is 6.04 Å². The number of hydrogen-bond acceptors (Lipinski definition) is 3. The number of likely N-dealkylation sites (N-methyl/N-ethyl adjacent to an activating group) is 1. The molecule has 0 spiro atoms. The van der Waals surface area contributed by atoms with Gasteiger partial charge in [-0.05, 0) is 32.0 Å². The fourth-order valence-corrected chi connectivity index (χ4v) is 3.36. The lowest BCUT2D eigenvalue weighted by atomic mass is 10.0. The van der Waals surface area contributed by atoms with Crippen LogP contribution in [0.25, 0.3) is 0 Å². The third-order valence-electron chi connectivity index (χ3n) is 4.68. The molecule has 1 fully saturated rings. The summed E-state index contributed by atoms with van der Waals surface area (Å²) in [6.45, 7) is 11.2. The lowest BCUT2D eigenvalue weighted by Gasteiger charge is -2.32. The molecule has 1 aromatic carbocycles. The molecule has 1 amide bonds. The number of nitrogens with zero attached hydrogens (tertiary/aromatic N) is 2. The maximum absolute atomic E-state index is 13.2. The van der Waals surface area contributed by atoms with Gasteiger partial charge in [0.25, 0.3) is 0 Å². The lowest BCUT2D eigenvalue weighted by Crippen LogP contribution is -2.42. The Kier molecular flexibility index (Phi) is 7.06. The minimum absolute atomic E-state index is 0.169. The molecule has 1 aliphatic rings. The summed E-state index contributed by atoms with van der Waals surface area (Å²) in [6.07, 6.45) is 1.05. The van der Waals surface area contributed by atoms with Crippen molar-refractivity contribution in [3.05, 3.63) is 35.9 Å². The van der Waals surface area contributed by atoms with Gasteiger partial charge in [-0.15, -0.1) is 0 Å². The Hall–Kier alpha value is -1.39. The average molecular weight is 318 g/mol. The molecular formula is C19H30N2O2. The summed E-state index contributed by atoms with van der Waals surface area (Å²) in [5, 5.41) is 0. The molecular weight excluding hydrogens is 288 g/mol. The predicted molar refractivity (Wildman–Crippen MR) is 93.3 cm³/mol. The largest absolute Gasteiger partial charge is 0.381 e. The molecule has 0 N–H and O–H groups in total. The number of rotatable bonds is 8. The average Bonchev–Trinajstić information content (AvgIpc) is 3.07. The van der Waals surface area contributed by atoms with Gasteiger partial charge in [-0.2, -0.15) is 0 Å². The molecule has 0 aromatic heterocycles. The van der Waals surface area contributed by atoms with Crippen molar-refractivity contribution < 1.29 is 9.53 Å². The van der Waals surface area contributed by atoms with Gasteiger partial charge in [0.05, 0.1) is 6.61 Å². The Morgan fingerprint density at radius 1 is 1.26 bits per heavy atom. The fourth-order valence-electron chi connectivity index (χ4n) is 3.36. The third kappa shape index (κ3) is 4.55. The number of hydrogen-bond donors (Lipinski definition) is 0. The zero-order valence-electron chi connectivity index (χ0n) is 14.7. The van der Waals surface area contributed by atoms with E-state index in [-0.39, 0.29) is 11.9 Å². The minimum Gasteiger partial charge on any atom is -0.381 e. The summed E-state index contributed by atoms with van der Waals surface area (Å²) in [7, 11) is 0. The van der Waals surface area contributed by atoms with Crippen molar-refractivity contribution in [1.29, 1.82) is 0 Å². The molecule has 1 saturated heterocycles. The summed E-state index contributed by atoms with van der Waals surface area (Å²) in [5.41, 5.74) is 1.09. The zero-order chi connectivity index (χ0) is 16.7. The van der Waals surface area contributed by atoms with E-state index in [1.807, 2.05) is 30.0 Å². The van der Waals surface area contributed by atoms with Crippen molar-refractivity contribution in [2.24, 2.45) is 5.92 Å². The molecule has 2 unspecified atom stereocenters. The molecule has 2 rings (SSSR count). The van der Waals surface area contributed by atoms with E-state index in [0.717, 1.165) is 51.4 Å². The molecule has 1 heterocycles. The van der Waals surface area contributed by atoms with Gasteiger partial charge < -0.3 is 9.64 Å². The van der Waals surface area contributed by atoms with Gasteiger partial charge in [-0.3, -0.25) is 9.69 Å². The Morgan fingerprint density at radius 2 is 1.96 bits per heavy atom. The van der Waals surface area contributed by atoms with Crippen LogP contribution >= 0.6 is 0 Å². The highest BCUT2D eigenvalue weighted by Gasteiger charge is 2.34. The van der Waals surface area contributed by atoms with E-state index in [1.54, 1.807) is 0 Å². The maximum atomic E-state index is 13.2. The van der Waals surface area contributed by atoms with Gasteiger partial charge in [-0.25, -0.2) is 0 Å². The molecule has 0 aliphatic carbocycles. The molecule has 4 heteroatoms. The van der Waals surface area contributed by atoms with Crippen molar-refractivity contribution in [3.8, 4) is 0 Å². The van der Waals surface area contributed by atoms with Crippen molar-refractivity contribution >= 4 is 5.91 Å². The Morgan fingerprint density at radius 3 is 2.57 bits per heavy atom. The highest BCUT2D eigenvalue weighted by molar-refractivity contribution is 5.83. The number of amides is 1. The molecule has 0 radical (unpaired) electrons. The molecule has 0 saturated carbocycles. The number of ether oxygens (including phenoxy) is 1. The molecule has 1 aliphatic heterocycles. The van der Waals surface area contributed by atoms with Crippen LogP contribution in [0.5, 0.6) is 0 Å². The van der Waals surface area contributed by atoms with Crippen molar-refractivity contribution in [2.45, 2.75) is 33.2 Å². The second-order valence-corrected chi connectivity index (χ2v) is 6.13. The lowest BCUT2D eigenvalue weighted by molar-refractivity contribution is -0.136. The fraction of sp³-hybridized carbons (Fsp3) is 0.632. The van der Waals surface area contributed by atoms with Crippen LogP contribution in [0.4, 0.5) is 0 Å². The van der Waals surface area contributed by atoms with Crippen LogP contribution < -0.4 is 0 Å². The summed E-state index contributed by atoms with van der Waals surface area (Å²) >= 11 is 0. The first-order valence-corrected chi connectivity index (χ1v) is 8.86. The van der Waals surface area contributed by atoms with Crippen molar-refractivity contribution in [1.82, 2.24) is 9.80 Å². The maximum Gasteiger partial charge on any atom is 0.244 e. The van der Waals surface area contributed by atoms with Crippen LogP contribution in [0.15, 0.2) is 30.3 Å². The number of benzene rings is 1. The molecule has 1 aromatic rings. The highest BCUT2D eigenvalue weighted by Crippen LogP contribution is 2.26. The van der Waals surface area contributed by atoms with Gasteiger partial charge >= 0.3 is 0 Å². The third-order valence-corrected chi connectivity index (χ3v) is 4.68. The van der Waals surface area contributed by atoms with E-state index in [0.29, 0.717) is 5.92 Å². The topological polar surface area (TPSA) is 32.8 Å². The van der Waals surface area contributed by atoms with Crippen LogP contribution in [-0.2, 0) is 9.53 Å². The normalized spacial score (nSPS) is 19.3. The van der Waals surface area contributed by atoms with Crippen LogP contribution in [0, 0.1) is 5.92 Å². The Bertz CT molecular complexity index is 474. The second kappa shape index (κ2) is 9.04. The molecule has 23 heavy (non-hydrogen) atoms. The van der Waals surface area contributed by atoms with Crippen LogP contribution in [0.1, 0.15) is 38.8 Å². The van der Waals surface area contributed by atoms with Gasteiger partial charge in [0, 0.05) is 25.6 Å². The quantitative estimate of drug-likeness (QED) is 0.739. The molecule has 2 atom stereocenters.